The van der Waals surface area contributed by atoms with Crippen LogP contribution in [-0.2, 0) is 0 Å². The molecule has 100 valence electrons. The van der Waals surface area contributed by atoms with Gasteiger partial charge in [0.2, 0.25) is 0 Å². The fraction of sp³-hybridized carbons (Fsp3) is 0. The second-order valence-electron chi connectivity index (χ2n) is 4.07. The Morgan fingerprint density at radius 2 is 1.85 bits per heavy atom. The first-order chi connectivity index (χ1) is 9.50. The number of hydrogen-bond donors (Lipinski definition) is 3. The average molecular weight is 273 g/mol. The third-order valence-corrected chi connectivity index (χ3v) is 2.92. The first-order valence-electron chi connectivity index (χ1n) is 5.51. The van der Waals surface area contributed by atoms with Gasteiger partial charge in [0.25, 0.3) is 0 Å². The van der Waals surface area contributed by atoms with Crippen molar-refractivity contribution in [3.05, 3.63) is 46.0 Å². The van der Waals surface area contributed by atoms with Gasteiger partial charge in [-0.3, -0.25) is 0 Å². The smallest absolute Gasteiger partial charge is 0.357 e. The number of carboxylic acid groups (broad SMARTS) is 2. The summed E-state index contributed by atoms with van der Waals surface area (Å²) in [5.41, 5.74) is -1.49. The van der Waals surface area contributed by atoms with E-state index >= 15 is 0 Å². The van der Waals surface area contributed by atoms with E-state index in [0.29, 0.717) is 10.9 Å². The summed E-state index contributed by atoms with van der Waals surface area (Å²) in [6.07, 6.45) is 0. The van der Waals surface area contributed by atoms with Gasteiger partial charge in [0.15, 0.2) is 5.69 Å². The van der Waals surface area contributed by atoms with Gasteiger partial charge in [-0.05, 0) is 6.07 Å². The Kier molecular flexibility index (Phi) is 2.33. The van der Waals surface area contributed by atoms with Gasteiger partial charge in [0, 0.05) is 5.39 Å². The molecular weight excluding hydrogens is 266 g/mol. The highest BCUT2D eigenvalue weighted by molar-refractivity contribution is 6.11. The Bertz CT molecular complexity index is 937. The van der Waals surface area contributed by atoms with E-state index in [0.717, 1.165) is 4.52 Å². The zero-order valence-electron chi connectivity index (χ0n) is 9.82. The number of aromatic nitrogens is 3. The highest BCUT2D eigenvalue weighted by Crippen LogP contribution is 2.22. The number of hydrogen-bond acceptors (Lipinski definition) is 4. The molecule has 3 aromatic rings. The maximum atomic E-state index is 11.9. The molecule has 0 saturated heterocycles. The van der Waals surface area contributed by atoms with Crippen LogP contribution in [0.5, 0.6) is 0 Å². The van der Waals surface area contributed by atoms with Crippen LogP contribution in [0.2, 0.25) is 0 Å². The van der Waals surface area contributed by atoms with Crippen LogP contribution in [0.4, 0.5) is 0 Å². The lowest BCUT2D eigenvalue weighted by Crippen LogP contribution is -2.17. The topological polar surface area (TPSA) is 125 Å². The predicted molar refractivity (Wildman–Crippen MR) is 67.2 cm³/mol. The van der Waals surface area contributed by atoms with Gasteiger partial charge in [-0.25, -0.2) is 14.4 Å². The summed E-state index contributed by atoms with van der Waals surface area (Å²) in [5, 5.41) is 22.2. The number of benzene rings is 1. The van der Waals surface area contributed by atoms with E-state index in [9.17, 15) is 19.5 Å². The second-order valence-corrected chi connectivity index (χ2v) is 4.07. The molecule has 0 saturated carbocycles. The zero-order valence-corrected chi connectivity index (χ0v) is 9.82. The number of nitrogens with zero attached hydrogens (tertiary/aromatic N) is 2. The number of H-pyrrole nitrogens is 1. The molecule has 0 aliphatic heterocycles. The largest absolute Gasteiger partial charge is 0.478 e. The first kappa shape index (κ1) is 11.9. The van der Waals surface area contributed by atoms with Crippen LogP contribution in [0.3, 0.4) is 0 Å². The number of carboxylic acids is 2. The number of para-hydroxylation sites is 1. The van der Waals surface area contributed by atoms with Crippen molar-refractivity contribution >= 4 is 28.4 Å². The summed E-state index contributed by atoms with van der Waals surface area (Å²) in [7, 11) is 0. The van der Waals surface area contributed by atoms with E-state index in [-0.39, 0.29) is 5.52 Å². The minimum atomic E-state index is -1.51. The molecule has 0 bridgehead atoms. The monoisotopic (exact) mass is 273 g/mol. The molecule has 0 spiro atoms. The molecule has 20 heavy (non-hydrogen) atoms. The van der Waals surface area contributed by atoms with Crippen LogP contribution in [0, 0.1) is 0 Å². The van der Waals surface area contributed by atoms with Crippen molar-refractivity contribution in [3.63, 3.8) is 0 Å². The lowest BCUT2D eigenvalue weighted by molar-refractivity contribution is 0.0649. The van der Waals surface area contributed by atoms with Crippen LogP contribution in [-0.4, -0.2) is 36.7 Å². The Morgan fingerprint density at radius 3 is 2.50 bits per heavy atom. The van der Waals surface area contributed by atoms with Crippen LogP contribution in [0.15, 0.2) is 29.1 Å². The van der Waals surface area contributed by atoms with Gasteiger partial charge in [-0.2, -0.15) is 9.61 Å². The Labute approximate surface area is 109 Å². The summed E-state index contributed by atoms with van der Waals surface area (Å²) >= 11 is 0. The van der Waals surface area contributed by atoms with Crippen molar-refractivity contribution in [2.75, 3.05) is 0 Å². The standard InChI is InChI=1S/C12H7N3O5/c16-10(17)7-8(11(18)19)14-15-9(7)5-3-1-2-4-6(5)13-12(15)20/h1-4H,(H,13,20)(H,16,17)(H,18,19). The number of rotatable bonds is 2. The van der Waals surface area contributed by atoms with Gasteiger partial charge in [0.1, 0.15) is 5.56 Å². The summed E-state index contributed by atoms with van der Waals surface area (Å²) in [6, 6.07) is 6.50. The van der Waals surface area contributed by atoms with Crippen molar-refractivity contribution in [3.8, 4) is 0 Å². The Morgan fingerprint density at radius 1 is 1.15 bits per heavy atom. The van der Waals surface area contributed by atoms with Crippen LogP contribution >= 0.6 is 0 Å². The summed E-state index contributed by atoms with van der Waals surface area (Å²) < 4.78 is 0.759. The maximum Gasteiger partial charge on any atom is 0.357 e. The summed E-state index contributed by atoms with van der Waals surface area (Å²) in [5.74, 6) is -2.96. The van der Waals surface area contributed by atoms with Gasteiger partial charge >= 0.3 is 17.6 Å². The van der Waals surface area contributed by atoms with E-state index in [4.69, 9.17) is 5.11 Å². The second kappa shape index (κ2) is 3.92. The molecule has 0 atom stereocenters. The van der Waals surface area contributed by atoms with E-state index < -0.39 is 28.9 Å². The molecule has 8 nitrogen and oxygen atoms in total. The third kappa shape index (κ3) is 1.48. The fourth-order valence-electron chi connectivity index (χ4n) is 2.13. The number of fused-ring (bicyclic) bond motifs is 3. The molecule has 2 heterocycles. The molecule has 8 heteroatoms. The number of aromatic carboxylic acids is 2. The van der Waals surface area contributed by atoms with Crippen molar-refractivity contribution < 1.29 is 19.8 Å². The fourth-order valence-corrected chi connectivity index (χ4v) is 2.13. The molecular formula is C12H7N3O5. The molecule has 0 aliphatic carbocycles. The minimum absolute atomic E-state index is 0.0331. The van der Waals surface area contributed by atoms with Crippen molar-refractivity contribution in [2.24, 2.45) is 0 Å². The van der Waals surface area contributed by atoms with Gasteiger partial charge in [-0.15, -0.1) is 0 Å². The molecule has 0 aliphatic rings. The molecule has 0 amide bonds. The Hall–Kier alpha value is -3.16. The quantitative estimate of drug-likeness (QED) is 0.627. The first-order valence-corrected chi connectivity index (χ1v) is 5.51. The molecule has 2 aromatic heterocycles. The minimum Gasteiger partial charge on any atom is -0.478 e. The molecule has 0 unspecified atom stereocenters. The normalized spacial score (nSPS) is 11.0. The molecule has 1 aromatic carbocycles. The van der Waals surface area contributed by atoms with E-state index in [1.807, 2.05) is 0 Å². The summed E-state index contributed by atoms with van der Waals surface area (Å²) in [6.45, 7) is 0. The van der Waals surface area contributed by atoms with Crippen molar-refractivity contribution in [1.82, 2.24) is 14.6 Å². The Balaban J connectivity index is 2.67. The van der Waals surface area contributed by atoms with Gasteiger partial charge in [-0.1, -0.05) is 18.2 Å². The number of carbonyl (C=O) groups is 2. The highest BCUT2D eigenvalue weighted by Gasteiger charge is 2.26. The van der Waals surface area contributed by atoms with E-state index in [1.165, 1.54) is 0 Å². The van der Waals surface area contributed by atoms with E-state index in [1.54, 1.807) is 24.3 Å². The number of aromatic amines is 1. The lowest BCUT2D eigenvalue weighted by Gasteiger charge is -2.00. The molecule has 0 fully saturated rings. The highest BCUT2D eigenvalue weighted by atomic mass is 16.4. The maximum absolute atomic E-state index is 11.9. The predicted octanol–water partition coefficient (Wildman–Crippen LogP) is 0.572. The lowest BCUT2D eigenvalue weighted by atomic mass is 10.1. The summed E-state index contributed by atoms with van der Waals surface area (Å²) in [4.78, 5) is 36.8. The van der Waals surface area contributed by atoms with Crippen LogP contribution in [0.1, 0.15) is 20.8 Å². The number of nitrogens with one attached hydrogen (secondary N) is 1. The molecule has 3 rings (SSSR count). The molecule has 3 N–H and O–H groups in total. The van der Waals surface area contributed by atoms with Crippen molar-refractivity contribution in [2.45, 2.75) is 0 Å². The molecule has 0 radical (unpaired) electrons. The zero-order chi connectivity index (χ0) is 14.4. The van der Waals surface area contributed by atoms with E-state index in [2.05, 4.69) is 10.1 Å². The van der Waals surface area contributed by atoms with Gasteiger partial charge in [0.05, 0.1) is 11.0 Å². The third-order valence-electron chi connectivity index (χ3n) is 2.92. The van der Waals surface area contributed by atoms with Crippen LogP contribution < -0.4 is 5.69 Å². The van der Waals surface area contributed by atoms with Crippen LogP contribution in [0.25, 0.3) is 16.4 Å². The van der Waals surface area contributed by atoms with Gasteiger partial charge < -0.3 is 15.2 Å². The van der Waals surface area contributed by atoms with Crippen molar-refractivity contribution in [1.29, 1.82) is 0 Å². The average Bonchev–Trinajstić information content (AvgIpc) is 2.80. The SMILES string of the molecule is O=C(O)c1nn2c(=O)[nH]c3ccccc3c2c1C(=O)O.